The van der Waals surface area contributed by atoms with E-state index in [-0.39, 0.29) is 0 Å². The maximum absolute atomic E-state index is 11.0. The molecule has 0 radical (unpaired) electrons. The first-order valence-corrected chi connectivity index (χ1v) is 7.25. The maximum Gasteiger partial charge on any atom is 0.309 e. The van der Waals surface area contributed by atoms with Crippen molar-refractivity contribution in [1.29, 1.82) is 0 Å². The van der Waals surface area contributed by atoms with Crippen molar-refractivity contribution in [3.05, 3.63) is 36.4 Å². The van der Waals surface area contributed by atoms with Gasteiger partial charge in [0.15, 0.2) is 11.5 Å². The smallest absolute Gasteiger partial charge is 0.309 e. The summed E-state index contributed by atoms with van der Waals surface area (Å²) in [5.41, 5.74) is 0.337. The Labute approximate surface area is 131 Å². The zero-order valence-electron chi connectivity index (χ0n) is 13.5. The molecule has 0 aliphatic rings. The summed E-state index contributed by atoms with van der Waals surface area (Å²) in [5.74, 6) is 0.574. The standard InChI is InChI=1S/C17H25NO4/c1-5-10-22-14-7-6-13(11-15(14)21-4)12-18-9-8-17(2,3)16(19)20/h5-7,11,18H,1,8-10,12H2,2-4H3,(H,19,20). The predicted octanol–water partition coefficient (Wildman–Crippen LogP) is 2.85. The third kappa shape index (κ3) is 5.41. The number of aliphatic carboxylic acids is 1. The van der Waals surface area contributed by atoms with Gasteiger partial charge in [-0.25, -0.2) is 0 Å². The van der Waals surface area contributed by atoms with E-state index >= 15 is 0 Å². The number of hydrogen-bond acceptors (Lipinski definition) is 4. The van der Waals surface area contributed by atoms with E-state index in [0.717, 1.165) is 5.56 Å². The van der Waals surface area contributed by atoms with Crippen LogP contribution in [0.2, 0.25) is 0 Å². The van der Waals surface area contributed by atoms with Crippen LogP contribution in [-0.4, -0.2) is 31.3 Å². The second kappa shape index (κ2) is 8.44. The van der Waals surface area contributed by atoms with Crippen LogP contribution in [0.3, 0.4) is 0 Å². The van der Waals surface area contributed by atoms with Crippen molar-refractivity contribution in [3.8, 4) is 11.5 Å². The zero-order valence-corrected chi connectivity index (χ0v) is 13.5. The maximum atomic E-state index is 11.0. The quantitative estimate of drug-likeness (QED) is 0.514. The molecule has 5 nitrogen and oxygen atoms in total. The minimum Gasteiger partial charge on any atom is -0.493 e. The number of carboxylic acids is 1. The van der Waals surface area contributed by atoms with Crippen LogP contribution in [-0.2, 0) is 11.3 Å². The number of carboxylic acid groups (broad SMARTS) is 1. The Kier molecular flexibility index (Phi) is 6.92. The van der Waals surface area contributed by atoms with Gasteiger partial charge >= 0.3 is 5.97 Å². The Morgan fingerprint density at radius 3 is 2.73 bits per heavy atom. The van der Waals surface area contributed by atoms with Crippen molar-refractivity contribution in [1.82, 2.24) is 5.32 Å². The summed E-state index contributed by atoms with van der Waals surface area (Å²) in [7, 11) is 1.60. The van der Waals surface area contributed by atoms with Gasteiger partial charge in [-0.15, -0.1) is 0 Å². The molecule has 2 N–H and O–H groups in total. The molecule has 0 unspecified atom stereocenters. The summed E-state index contributed by atoms with van der Waals surface area (Å²) < 4.78 is 10.8. The third-order valence-electron chi connectivity index (χ3n) is 3.42. The molecule has 1 aromatic carbocycles. The number of hydrogen-bond donors (Lipinski definition) is 2. The largest absolute Gasteiger partial charge is 0.493 e. The van der Waals surface area contributed by atoms with Crippen molar-refractivity contribution in [2.24, 2.45) is 5.41 Å². The topological polar surface area (TPSA) is 67.8 Å². The summed E-state index contributed by atoms with van der Waals surface area (Å²) in [6.07, 6.45) is 2.25. The van der Waals surface area contributed by atoms with Crippen molar-refractivity contribution >= 4 is 5.97 Å². The van der Waals surface area contributed by atoms with Gasteiger partial charge in [-0.3, -0.25) is 4.79 Å². The lowest BCUT2D eigenvalue weighted by atomic mass is 9.90. The molecule has 0 spiro atoms. The number of nitrogens with one attached hydrogen (secondary N) is 1. The Morgan fingerprint density at radius 2 is 2.14 bits per heavy atom. The highest BCUT2D eigenvalue weighted by Gasteiger charge is 2.26. The van der Waals surface area contributed by atoms with Crippen LogP contribution >= 0.6 is 0 Å². The van der Waals surface area contributed by atoms with E-state index in [4.69, 9.17) is 14.6 Å². The molecule has 0 amide bonds. The van der Waals surface area contributed by atoms with Gasteiger partial charge in [0.05, 0.1) is 12.5 Å². The average molecular weight is 307 g/mol. The number of methoxy groups -OCH3 is 1. The lowest BCUT2D eigenvalue weighted by molar-refractivity contribution is -0.147. The van der Waals surface area contributed by atoms with Crippen LogP contribution < -0.4 is 14.8 Å². The molecule has 0 saturated heterocycles. The lowest BCUT2D eigenvalue weighted by Gasteiger charge is -2.19. The lowest BCUT2D eigenvalue weighted by Crippen LogP contribution is -2.28. The number of carbonyl (C=O) groups is 1. The number of ether oxygens (including phenoxy) is 2. The molecule has 0 atom stereocenters. The summed E-state index contributed by atoms with van der Waals surface area (Å²) in [5, 5.41) is 12.3. The highest BCUT2D eigenvalue weighted by Crippen LogP contribution is 2.28. The second-order valence-corrected chi connectivity index (χ2v) is 5.70. The molecule has 1 rings (SSSR count). The van der Waals surface area contributed by atoms with Gasteiger partial charge in [0, 0.05) is 6.54 Å². The van der Waals surface area contributed by atoms with Gasteiger partial charge in [0.1, 0.15) is 6.61 Å². The molecule has 1 aromatic rings. The van der Waals surface area contributed by atoms with E-state index < -0.39 is 11.4 Å². The fourth-order valence-electron chi connectivity index (χ4n) is 1.83. The van der Waals surface area contributed by atoms with Gasteiger partial charge in [-0.05, 0) is 44.5 Å². The molecule has 0 aliphatic carbocycles. The van der Waals surface area contributed by atoms with Crippen LogP contribution in [0.1, 0.15) is 25.8 Å². The molecule has 0 bridgehead atoms. The number of benzene rings is 1. The monoisotopic (exact) mass is 307 g/mol. The molecule has 122 valence electrons. The minimum absolute atomic E-state index is 0.429. The van der Waals surface area contributed by atoms with Gasteiger partial charge in [0.2, 0.25) is 0 Å². The van der Waals surface area contributed by atoms with E-state index in [9.17, 15) is 4.79 Å². The molecule has 0 saturated carbocycles. The summed E-state index contributed by atoms with van der Waals surface area (Å²) >= 11 is 0. The predicted molar refractivity (Wildman–Crippen MR) is 86.4 cm³/mol. The Balaban J connectivity index is 2.53. The highest BCUT2D eigenvalue weighted by molar-refractivity contribution is 5.73. The Bertz CT molecular complexity index is 511. The fraction of sp³-hybridized carbons (Fsp3) is 0.471. The van der Waals surface area contributed by atoms with Crippen molar-refractivity contribution < 1.29 is 19.4 Å². The molecule has 0 aromatic heterocycles. The first-order valence-electron chi connectivity index (χ1n) is 7.25. The molecule has 0 heterocycles. The minimum atomic E-state index is -0.778. The van der Waals surface area contributed by atoms with Crippen molar-refractivity contribution in [3.63, 3.8) is 0 Å². The van der Waals surface area contributed by atoms with Gasteiger partial charge < -0.3 is 19.9 Å². The molecular weight excluding hydrogens is 282 g/mol. The zero-order chi connectivity index (χ0) is 16.6. The SMILES string of the molecule is C=CCOc1ccc(CNCCC(C)(C)C(=O)O)cc1OC. The number of rotatable bonds is 10. The van der Waals surface area contributed by atoms with Crippen molar-refractivity contribution in [2.75, 3.05) is 20.3 Å². The van der Waals surface area contributed by atoms with Crippen LogP contribution in [0, 0.1) is 5.41 Å². The summed E-state index contributed by atoms with van der Waals surface area (Å²) in [4.78, 5) is 11.0. The van der Waals surface area contributed by atoms with E-state index in [1.807, 2.05) is 18.2 Å². The van der Waals surface area contributed by atoms with Gasteiger partial charge in [-0.2, -0.15) is 0 Å². The third-order valence-corrected chi connectivity index (χ3v) is 3.42. The molecular formula is C17H25NO4. The molecule has 0 aliphatic heterocycles. The van der Waals surface area contributed by atoms with E-state index in [1.54, 1.807) is 27.0 Å². The van der Waals surface area contributed by atoms with Crippen LogP contribution in [0.25, 0.3) is 0 Å². The first kappa shape index (κ1) is 18.0. The fourth-order valence-corrected chi connectivity index (χ4v) is 1.83. The Morgan fingerprint density at radius 1 is 1.41 bits per heavy atom. The van der Waals surface area contributed by atoms with Gasteiger partial charge in [0.25, 0.3) is 0 Å². The van der Waals surface area contributed by atoms with Crippen LogP contribution in [0.4, 0.5) is 0 Å². The molecule has 0 fully saturated rings. The summed E-state index contributed by atoms with van der Waals surface area (Å²) in [6, 6.07) is 5.73. The van der Waals surface area contributed by atoms with E-state index in [1.165, 1.54) is 0 Å². The van der Waals surface area contributed by atoms with E-state index in [2.05, 4.69) is 11.9 Å². The van der Waals surface area contributed by atoms with Crippen molar-refractivity contribution in [2.45, 2.75) is 26.8 Å². The van der Waals surface area contributed by atoms with Gasteiger partial charge in [-0.1, -0.05) is 18.7 Å². The summed E-state index contributed by atoms with van der Waals surface area (Å²) in [6.45, 7) is 8.78. The van der Waals surface area contributed by atoms with Crippen LogP contribution in [0.15, 0.2) is 30.9 Å². The first-order chi connectivity index (χ1) is 10.4. The Hall–Kier alpha value is -2.01. The normalized spacial score (nSPS) is 11.0. The second-order valence-electron chi connectivity index (χ2n) is 5.70. The average Bonchev–Trinajstić information content (AvgIpc) is 2.49. The van der Waals surface area contributed by atoms with E-state index in [0.29, 0.717) is 37.6 Å². The highest BCUT2D eigenvalue weighted by atomic mass is 16.5. The molecule has 5 heteroatoms. The molecule has 22 heavy (non-hydrogen) atoms. The van der Waals surface area contributed by atoms with Crippen LogP contribution in [0.5, 0.6) is 11.5 Å².